The van der Waals surface area contributed by atoms with Gasteiger partial charge in [-0.1, -0.05) is 6.58 Å². The summed E-state index contributed by atoms with van der Waals surface area (Å²) in [7, 11) is 2.00. The summed E-state index contributed by atoms with van der Waals surface area (Å²) in [5, 5.41) is 0. The highest BCUT2D eigenvalue weighted by atomic mass is 16.4. The fraction of sp³-hybridized carbons (Fsp3) is 0.533. The van der Waals surface area contributed by atoms with Gasteiger partial charge in [-0.25, -0.2) is 4.98 Å². The first-order valence-electron chi connectivity index (χ1n) is 7.29. The maximum absolute atomic E-state index is 12.2. The minimum absolute atomic E-state index is 0.0223. The van der Waals surface area contributed by atoms with Crippen molar-refractivity contribution in [1.82, 2.24) is 14.8 Å². The number of nitrogens with zero attached hydrogens (tertiary/aromatic N) is 4. The molecule has 0 saturated carbocycles. The van der Waals surface area contributed by atoms with Crippen LogP contribution in [0.15, 0.2) is 23.3 Å². The Bertz CT molecular complexity index is 567. The zero-order valence-corrected chi connectivity index (χ0v) is 13.3. The molecule has 7 nitrogen and oxygen atoms in total. The van der Waals surface area contributed by atoms with Gasteiger partial charge in [-0.3, -0.25) is 19.4 Å². The van der Waals surface area contributed by atoms with E-state index >= 15 is 0 Å². The SMILES string of the molecule is C=CC(=O)N1CCN(c2ncc(CN(C)C(C)C)o2)C(=O)C1. The molecule has 1 aromatic heterocycles. The third-order valence-corrected chi connectivity index (χ3v) is 3.77. The quantitative estimate of drug-likeness (QED) is 0.755. The summed E-state index contributed by atoms with van der Waals surface area (Å²) in [6.45, 7) is 9.09. The van der Waals surface area contributed by atoms with Crippen LogP contribution in [0.5, 0.6) is 0 Å². The Labute approximate surface area is 130 Å². The van der Waals surface area contributed by atoms with Crippen LogP contribution in [0.25, 0.3) is 0 Å². The number of aromatic nitrogens is 1. The van der Waals surface area contributed by atoms with Crippen LogP contribution in [-0.2, 0) is 16.1 Å². The van der Waals surface area contributed by atoms with Crippen molar-refractivity contribution in [3.63, 3.8) is 0 Å². The highest BCUT2D eigenvalue weighted by molar-refractivity contribution is 5.98. The average Bonchev–Trinajstić information content (AvgIpc) is 2.94. The van der Waals surface area contributed by atoms with E-state index in [9.17, 15) is 9.59 Å². The number of hydrogen-bond acceptors (Lipinski definition) is 5. The second-order valence-electron chi connectivity index (χ2n) is 5.63. The van der Waals surface area contributed by atoms with Crippen molar-refractivity contribution in [2.75, 3.05) is 31.6 Å². The van der Waals surface area contributed by atoms with Gasteiger partial charge < -0.3 is 9.32 Å². The molecule has 0 radical (unpaired) electrons. The Morgan fingerprint density at radius 1 is 1.55 bits per heavy atom. The molecule has 0 unspecified atom stereocenters. The topological polar surface area (TPSA) is 69.9 Å². The van der Waals surface area contributed by atoms with Crippen molar-refractivity contribution in [3.05, 3.63) is 24.6 Å². The molecule has 0 bridgehead atoms. The molecule has 1 aromatic rings. The number of oxazole rings is 1. The minimum Gasteiger partial charge on any atom is -0.427 e. The van der Waals surface area contributed by atoms with E-state index in [2.05, 4.69) is 30.3 Å². The number of carbonyl (C=O) groups is 2. The Kier molecular flexibility index (Phi) is 4.97. The molecule has 2 rings (SSSR count). The first-order valence-corrected chi connectivity index (χ1v) is 7.29. The van der Waals surface area contributed by atoms with Gasteiger partial charge in [0.15, 0.2) is 0 Å². The molecule has 0 aliphatic carbocycles. The molecule has 22 heavy (non-hydrogen) atoms. The van der Waals surface area contributed by atoms with Gasteiger partial charge in [0.05, 0.1) is 12.7 Å². The van der Waals surface area contributed by atoms with Gasteiger partial charge in [-0.05, 0) is 27.0 Å². The van der Waals surface area contributed by atoms with Crippen LogP contribution in [0.3, 0.4) is 0 Å². The molecule has 7 heteroatoms. The van der Waals surface area contributed by atoms with Gasteiger partial charge in [-0.15, -0.1) is 0 Å². The smallest absolute Gasteiger partial charge is 0.304 e. The molecular weight excluding hydrogens is 284 g/mol. The molecule has 2 amide bonds. The lowest BCUT2D eigenvalue weighted by atomic mass is 10.3. The number of carbonyl (C=O) groups excluding carboxylic acids is 2. The normalized spacial score (nSPS) is 15.8. The Balaban J connectivity index is 2.01. The molecular formula is C15H22N4O3. The van der Waals surface area contributed by atoms with E-state index in [1.165, 1.54) is 15.9 Å². The first-order chi connectivity index (χ1) is 10.4. The monoisotopic (exact) mass is 306 g/mol. The number of hydrogen-bond donors (Lipinski definition) is 0. The van der Waals surface area contributed by atoms with Crippen LogP contribution in [0, 0.1) is 0 Å². The Hall–Kier alpha value is -2.15. The maximum Gasteiger partial charge on any atom is 0.304 e. The van der Waals surface area contributed by atoms with E-state index in [0.29, 0.717) is 37.5 Å². The summed E-state index contributed by atoms with van der Waals surface area (Å²) in [5.74, 6) is 0.273. The lowest BCUT2D eigenvalue weighted by Crippen LogP contribution is -2.52. The first kappa shape index (κ1) is 16.2. The molecule has 0 N–H and O–H groups in total. The van der Waals surface area contributed by atoms with Gasteiger partial charge in [0.25, 0.3) is 0 Å². The molecule has 1 aliphatic rings. The van der Waals surface area contributed by atoms with Crippen LogP contribution in [0.2, 0.25) is 0 Å². The fourth-order valence-electron chi connectivity index (χ4n) is 2.12. The molecule has 2 heterocycles. The van der Waals surface area contributed by atoms with Crippen molar-refractivity contribution in [2.24, 2.45) is 0 Å². The highest BCUT2D eigenvalue weighted by Gasteiger charge is 2.29. The maximum atomic E-state index is 12.2. The lowest BCUT2D eigenvalue weighted by molar-refractivity contribution is -0.133. The average molecular weight is 306 g/mol. The largest absolute Gasteiger partial charge is 0.427 e. The second-order valence-corrected chi connectivity index (χ2v) is 5.63. The van der Waals surface area contributed by atoms with Crippen LogP contribution >= 0.6 is 0 Å². The second kappa shape index (κ2) is 6.74. The van der Waals surface area contributed by atoms with Crippen molar-refractivity contribution < 1.29 is 14.0 Å². The standard InChI is InChI=1S/C15H22N4O3/c1-5-13(20)18-6-7-19(14(21)10-18)15-16-8-12(22-15)9-17(4)11(2)3/h5,8,11H,1,6-7,9-10H2,2-4H3. The number of piperazine rings is 1. The summed E-state index contributed by atoms with van der Waals surface area (Å²) >= 11 is 0. The zero-order chi connectivity index (χ0) is 16.3. The van der Waals surface area contributed by atoms with E-state index in [4.69, 9.17) is 4.42 Å². The third kappa shape index (κ3) is 3.54. The molecule has 0 aromatic carbocycles. The Morgan fingerprint density at radius 2 is 2.27 bits per heavy atom. The number of rotatable bonds is 5. The number of amides is 2. The summed E-state index contributed by atoms with van der Waals surface area (Å²) in [6.07, 6.45) is 2.86. The highest BCUT2D eigenvalue weighted by Crippen LogP contribution is 2.19. The summed E-state index contributed by atoms with van der Waals surface area (Å²) < 4.78 is 5.67. The number of anilines is 1. The fourth-order valence-corrected chi connectivity index (χ4v) is 2.12. The lowest BCUT2D eigenvalue weighted by Gasteiger charge is -2.31. The van der Waals surface area contributed by atoms with Crippen LogP contribution in [0.1, 0.15) is 19.6 Å². The van der Waals surface area contributed by atoms with Gasteiger partial charge in [0.2, 0.25) is 11.8 Å². The van der Waals surface area contributed by atoms with Crippen LogP contribution in [-0.4, -0.2) is 59.3 Å². The zero-order valence-electron chi connectivity index (χ0n) is 13.3. The predicted molar refractivity (Wildman–Crippen MR) is 82.2 cm³/mol. The van der Waals surface area contributed by atoms with Crippen molar-refractivity contribution in [3.8, 4) is 0 Å². The van der Waals surface area contributed by atoms with Crippen molar-refractivity contribution in [1.29, 1.82) is 0 Å². The van der Waals surface area contributed by atoms with E-state index in [0.717, 1.165) is 0 Å². The van der Waals surface area contributed by atoms with Gasteiger partial charge in [0.1, 0.15) is 12.3 Å². The molecule has 1 saturated heterocycles. The predicted octanol–water partition coefficient (Wildman–Crippen LogP) is 0.876. The van der Waals surface area contributed by atoms with E-state index in [-0.39, 0.29) is 18.4 Å². The molecule has 1 fully saturated rings. The molecule has 1 aliphatic heterocycles. The summed E-state index contributed by atoms with van der Waals surface area (Å²) in [6, 6.07) is 0.687. The van der Waals surface area contributed by atoms with E-state index in [1.54, 1.807) is 6.20 Å². The summed E-state index contributed by atoms with van der Waals surface area (Å²) in [4.78, 5) is 32.9. The van der Waals surface area contributed by atoms with Crippen LogP contribution < -0.4 is 4.90 Å². The summed E-state index contributed by atoms with van der Waals surface area (Å²) in [5.41, 5.74) is 0. The molecule has 120 valence electrons. The third-order valence-electron chi connectivity index (χ3n) is 3.77. The van der Waals surface area contributed by atoms with Crippen molar-refractivity contribution in [2.45, 2.75) is 26.4 Å². The van der Waals surface area contributed by atoms with Gasteiger partial charge in [-0.2, -0.15) is 0 Å². The van der Waals surface area contributed by atoms with E-state index < -0.39 is 0 Å². The minimum atomic E-state index is -0.236. The molecule has 0 atom stereocenters. The molecule has 0 spiro atoms. The van der Waals surface area contributed by atoms with Gasteiger partial charge >= 0.3 is 6.01 Å². The van der Waals surface area contributed by atoms with Gasteiger partial charge in [0, 0.05) is 19.1 Å². The van der Waals surface area contributed by atoms with Crippen LogP contribution in [0.4, 0.5) is 6.01 Å². The Morgan fingerprint density at radius 3 is 2.86 bits per heavy atom. The van der Waals surface area contributed by atoms with Crippen molar-refractivity contribution >= 4 is 17.8 Å². The van der Waals surface area contributed by atoms with E-state index in [1.807, 2.05) is 7.05 Å².